The van der Waals surface area contributed by atoms with Gasteiger partial charge in [0.25, 0.3) is 0 Å². The largest absolute Gasteiger partial charge is 0.395 e. The molecule has 1 aliphatic rings. The number of hydrogen-bond donors (Lipinski definition) is 2. The molecule has 0 saturated carbocycles. The van der Waals surface area contributed by atoms with Crippen molar-refractivity contribution in [2.75, 3.05) is 26.2 Å². The van der Waals surface area contributed by atoms with Crippen LogP contribution in [0.3, 0.4) is 0 Å². The molecule has 2 N–H and O–H groups in total. The van der Waals surface area contributed by atoms with Crippen LogP contribution < -0.4 is 5.32 Å². The predicted molar refractivity (Wildman–Crippen MR) is 64.4 cm³/mol. The predicted octanol–water partition coefficient (Wildman–Crippen LogP) is 1.62. The summed E-state index contributed by atoms with van der Waals surface area (Å²) in [5.74, 6) is -1.15. The zero-order chi connectivity index (χ0) is 13.8. The normalized spacial score (nSPS) is 21.5. The van der Waals surface area contributed by atoms with Crippen LogP contribution in [0.25, 0.3) is 0 Å². The second-order valence-electron chi connectivity index (χ2n) is 5.32. The molecule has 18 heavy (non-hydrogen) atoms. The Kier molecular flexibility index (Phi) is 5.88. The maximum atomic E-state index is 12.5. The Labute approximate surface area is 106 Å². The Morgan fingerprint density at radius 2 is 1.83 bits per heavy atom. The summed E-state index contributed by atoms with van der Waals surface area (Å²) in [5.41, 5.74) is 0. The van der Waals surface area contributed by atoms with Gasteiger partial charge in [0.05, 0.1) is 12.5 Å². The zero-order valence-electron chi connectivity index (χ0n) is 11.0. The Balaban J connectivity index is 2.34. The molecular formula is C12H23F3N2O. The number of likely N-dealkylation sites (tertiary alicyclic amines) is 1. The third-order valence-electron chi connectivity index (χ3n) is 3.32. The van der Waals surface area contributed by atoms with Gasteiger partial charge < -0.3 is 15.3 Å². The molecule has 1 aliphatic heterocycles. The summed E-state index contributed by atoms with van der Waals surface area (Å²) in [5, 5.41) is 12.4. The van der Waals surface area contributed by atoms with Gasteiger partial charge >= 0.3 is 6.18 Å². The minimum Gasteiger partial charge on any atom is -0.395 e. The van der Waals surface area contributed by atoms with E-state index in [0.29, 0.717) is 19.6 Å². The molecule has 1 atom stereocenters. The second kappa shape index (κ2) is 6.73. The van der Waals surface area contributed by atoms with Gasteiger partial charge in [0, 0.05) is 18.6 Å². The molecule has 0 aromatic carbocycles. The molecule has 108 valence electrons. The van der Waals surface area contributed by atoms with E-state index in [1.807, 2.05) is 18.7 Å². The molecule has 0 bridgehead atoms. The highest BCUT2D eigenvalue weighted by Crippen LogP contribution is 2.33. The van der Waals surface area contributed by atoms with Crippen molar-refractivity contribution in [1.82, 2.24) is 10.2 Å². The fourth-order valence-corrected chi connectivity index (χ4v) is 2.39. The van der Waals surface area contributed by atoms with Crippen molar-refractivity contribution in [2.24, 2.45) is 5.92 Å². The molecule has 0 spiro atoms. The Hall–Kier alpha value is -0.330. The summed E-state index contributed by atoms with van der Waals surface area (Å²) >= 11 is 0. The van der Waals surface area contributed by atoms with Gasteiger partial charge in [-0.05, 0) is 25.9 Å². The zero-order valence-corrected chi connectivity index (χ0v) is 11.0. The molecule has 1 fully saturated rings. The van der Waals surface area contributed by atoms with E-state index in [0.717, 1.165) is 0 Å². The van der Waals surface area contributed by atoms with Crippen molar-refractivity contribution in [3.8, 4) is 0 Å². The molecule has 6 heteroatoms. The number of aliphatic hydroxyl groups excluding tert-OH is 1. The third kappa shape index (κ3) is 5.12. The van der Waals surface area contributed by atoms with Crippen molar-refractivity contribution in [1.29, 1.82) is 0 Å². The summed E-state index contributed by atoms with van der Waals surface area (Å²) in [4.78, 5) is 2.00. The van der Waals surface area contributed by atoms with Crippen LogP contribution in [0.2, 0.25) is 0 Å². The standard InChI is InChI=1S/C12H23F3N2O/c1-9(2)16-11(8-18)7-17-5-3-10(4-6-17)12(13,14)15/h9-11,16,18H,3-8H2,1-2H3. The van der Waals surface area contributed by atoms with Crippen molar-refractivity contribution in [2.45, 2.75) is 44.9 Å². The number of piperidine rings is 1. The Morgan fingerprint density at radius 3 is 2.22 bits per heavy atom. The summed E-state index contributed by atoms with van der Waals surface area (Å²) in [6.45, 7) is 5.51. The van der Waals surface area contributed by atoms with E-state index in [1.165, 1.54) is 0 Å². The number of alkyl halides is 3. The first kappa shape index (κ1) is 15.7. The van der Waals surface area contributed by atoms with E-state index in [9.17, 15) is 18.3 Å². The number of nitrogens with one attached hydrogen (secondary N) is 1. The van der Waals surface area contributed by atoms with Crippen molar-refractivity contribution >= 4 is 0 Å². The van der Waals surface area contributed by atoms with Crippen molar-refractivity contribution < 1.29 is 18.3 Å². The van der Waals surface area contributed by atoms with Gasteiger partial charge in [-0.1, -0.05) is 13.8 Å². The molecule has 1 saturated heterocycles. The van der Waals surface area contributed by atoms with Gasteiger partial charge in [0.2, 0.25) is 0 Å². The minimum atomic E-state index is -4.06. The lowest BCUT2D eigenvalue weighted by Crippen LogP contribution is -2.49. The average Bonchev–Trinajstić information content (AvgIpc) is 2.27. The highest BCUT2D eigenvalue weighted by molar-refractivity contribution is 4.80. The summed E-state index contributed by atoms with van der Waals surface area (Å²) < 4.78 is 37.5. The number of nitrogens with zero attached hydrogens (tertiary/aromatic N) is 1. The highest BCUT2D eigenvalue weighted by Gasteiger charge is 2.41. The van der Waals surface area contributed by atoms with Crippen molar-refractivity contribution in [3.63, 3.8) is 0 Å². The molecule has 3 nitrogen and oxygen atoms in total. The monoisotopic (exact) mass is 268 g/mol. The van der Waals surface area contributed by atoms with Crippen LogP contribution in [-0.2, 0) is 0 Å². The van der Waals surface area contributed by atoms with Gasteiger partial charge in [-0.15, -0.1) is 0 Å². The van der Waals surface area contributed by atoms with Gasteiger partial charge in [-0.2, -0.15) is 13.2 Å². The summed E-state index contributed by atoms with van der Waals surface area (Å²) in [6.07, 6.45) is -3.72. The molecule has 0 radical (unpaired) electrons. The van der Waals surface area contributed by atoms with E-state index >= 15 is 0 Å². The molecule has 0 aromatic rings. The van der Waals surface area contributed by atoms with Crippen LogP contribution in [0.1, 0.15) is 26.7 Å². The molecule has 1 heterocycles. The van der Waals surface area contributed by atoms with Crippen LogP contribution in [0.15, 0.2) is 0 Å². The first-order valence-corrected chi connectivity index (χ1v) is 6.49. The van der Waals surface area contributed by atoms with E-state index in [4.69, 9.17) is 0 Å². The summed E-state index contributed by atoms with van der Waals surface area (Å²) in [7, 11) is 0. The lowest BCUT2D eigenvalue weighted by Gasteiger charge is -2.35. The number of aliphatic hydroxyl groups is 1. The summed E-state index contributed by atoms with van der Waals surface area (Å²) in [6, 6.07) is 0.197. The Morgan fingerprint density at radius 1 is 1.28 bits per heavy atom. The maximum Gasteiger partial charge on any atom is 0.391 e. The third-order valence-corrected chi connectivity index (χ3v) is 3.32. The van der Waals surface area contributed by atoms with Gasteiger partial charge in [0.15, 0.2) is 0 Å². The van der Waals surface area contributed by atoms with Crippen LogP contribution in [0.5, 0.6) is 0 Å². The molecule has 0 aliphatic carbocycles. The molecule has 1 rings (SSSR count). The average molecular weight is 268 g/mol. The molecular weight excluding hydrogens is 245 g/mol. The smallest absolute Gasteiger partial charge is 0.391 e. The number of rotatable bonds is 5. The van der Waals surface area contributed by atoms with Crippen LogP contribution in [-0.4, -0.2) is 54.5 Å². The van der Waals surface area contributed by atoms with Crippen LogP contribution >= 0.6 is 0 Å². The van der Waals surface area contributed by atoms with Crippen LogP contribution in [0.4, 0.5) is 13.2 Å². The highest BCUT2D eigenvalue weighted by atomic mass is 19.4. The van der Waals surface area contributed by atoms with E-state index in [2.05, 4.69) is 5.32 Å². The van der Waals surface area contributed by atoms with Gasteiger partial charge in [-0.3, -0.25) is 0 Å². The molecule has 0 aromatic heterocycles. The quantitative estimate of drug-likeness (QED) is 0.795. The SMILES string of the molecule is CC(C)NC(CO)CN1CCC(C(F)(F)F)CC1. The molecule has 1 unspecified atom stereocenters. The van der Waals surface area contributed by atoms with Crippen LogP contribution in [0, 0.1) is 5.92 Å². The van der Waals surface area contributed by atoms with Crippen molar-refractivity contribution in [3.05, 3.63) is 0 Å². The first-order valence-electron chi connectivity index (χ1n) is 6.49. The number of hydrogen-bond acceptors (Lipinski definition) is 3. The minimum absolute atomic E-state index is 0.0113. The fourth-order valence-electron chi connectivity index (χ4n) is 2.39. The van der Waals surface area contributed by atoms with Gasteiger partial charge in [0.1, 0.15) is 0 Å². The topological polar surface area (TPSA) is 35.5 Å². The number of halogens is 3. The maximum absolute atomic E-state index is 12.5. The van der Waals surface area contributed by atoms with E-state index in [-0.39, 0.29) is 31.5 Å². The Bertz CT molecular complexity index is 238. The molecule has 0 amide bonds. The first-order chi connectivity index (χ1) is 8.32. The second-order valence-corrected chi connectivity index (χ2v) is 5.32. The van der Waals surface area contributed by atoms with E-state index in [1.54, 1.807) is 0 Å². The lowest BCUT2D eigenvalue weighted by atomic mass is 9.96. The van der Waals surface area contributed by atoms with Gasteiger partial charge in [-0.25, -0.2) is 0 Å². The lowest BCUT2D eigenvalue weighted by molar-refractivity contribution is -0.185. The fraction of sp³-hybridized carbons (Fsp3) is 1.00. The van der Waals surface area contributed by atoms with E-state index < -0.39 is 12.1 Å².